The molecule has 1 aromatic carbocycles. The van der Waals surface area contributed by atoms with E-state index >= 15 is 0 Å². The van der Waals surface area contributed by atoms with Crippen molar-refractivity contribution < 1.29 is 64.9 Å². The van der Waals surface area contributed by atoms with Crippen LogP contribution in [0.2, 0.25) is 0 Å². The molecule has 14 atom stereocenters. The van der Waals surface area contributed by atoms with Gasteiger partial charge in [-0.05, 0) is 18.1 Å². The standard InChI is InChI=1S/C26H39NO13/c1-11-16(27-14-7-13(8-28)17(30)20(33)18(14)31)19(32)22(35)26(38-11)40-24-15(9-29)39-25(23(36)21(24)34)37-10-12-5-3-2-4-6-12/h2-7,11,14-36H,8-10H2,1H3. The second kappa shape index (κ2) is 13.6. The summed E-state index contributed by atoms with van der Waals surface area (Å²) in [6.45, 7) is 0.419. The fraction of sp³-hybridized carbons (Fsp3) is 0.692. The Kier molecular flexibility index (Phi) is 10.6. The number of benzene rings is 1. The van der Waals surface area contributed by atoms with Crippen molar-refractivity contribution in [1.29, 1.82) is 0 Å². The van der Waals surface area contributed by atoms with Crippen LogP contribution in [0.15, 0.2) is 42.0 Å². The van der Waals surface area contributed by atoms with Gasteiger partial charge in [-0.25, -0.2) is 0 Å². The highest BCUT2D eigenvalue weighted by Gasteiger charge is 2.51. The maximum atomic E-state index is 10.9. The fourth-order valence-corrected chi connectivity index (χ4v) is 5.20. The fourth-order valence-electron chi connectivity index (χ4n) is 5.20. The zero-order valence-electron chi connectivity index (χ0n) is 21.8. The third kappa shape index (κ3) is 6.56. The lowest BCUT2D eigenvalue weighted by atomic mass is 9.86. The van der Waals surface area contributed by atoms with Crippen molar-refractivity contribution in [2.45, 2.75) is 99.2 Å². The van der Waals surface area contributed by atoms with Gasteiger partial charge in [-0.3, -0.25) is 0 Å². The first kappa shape index (κ1) is 31.3. The van der Waals surface area contributed by atoms with E-state index in [0.29, 0.717) is 0 Å². The molecule has 2 aliphatic heterocycles. The number of rotatable bonds is 9. The van der Waals surface area contributed by atoms with Crippen LogP contribution in [-0.2, 0) is 25.6 Å². The second-order valence-electron chi connectivity index (χ2n) is 10.3. The smallest absolute Gasteiger partial charge is 0.187 e. The Morgan fingerprint density at radius 1 is 0.800 bits per heavy atom. The van der Waals surface area contributed by atoms with Crippen LogP contribution in [0.25, 0.3) is 0 Å². The quantitative estimate of drug-likeness (QED) is 0.126. The molecule has 0 aromatic heterocycles. The van der Waals surface area contributed by atoms with Crippen LogP contribution in [0.5, 0.6) is 0 Å². The topological polar surface area (TPSA) is 231 Å². The van der Waals surface area contributed by atoms with E-state index in [-0.39, 0.29) is 12.2 Å². The van der Waals surface area contributed by atoms with Crippen molar-refractivity contribution in [1.82, 2.24) is 5.32 Å². The van der Waals surface area contributed by atoms with E-state index < -0.39 is 98.9 Å². The molecule has 4 rings (SSSR count). The lowest BCUT2D eigenvalue weighted by Gasteiger charge is -2.47. The predicted molar refractivity (Wildman–Crippen MR) is 134 cm³/mol. The van der Waals surface area contributed by atoms with Gasteiger partial charge in [0.25, 0.3) is 0 Å². The van der Waals surface area contributed by atoms with E-state index in [1.807, 2.05) is 18.2 Å². The van der Waals surface area contributed by atoms with Gasteiger partial charge in [-0.15, -0.1) is 0 Å². The molecule has 1 aromatic rings. The molecule has 14 nitrogen and oxygen atoms in total. The normalized spacial score (nSPS) is 44.3. The first-order valence-electron chi connectivity index (χ1n) is 13.1. The number of ether oxygens (including phenoxy) is 4. The summed E-state index contributed by atoms with van der Waals surface area (Å²) in [4.78, 5) is 0. The highest BCUT2D eigenvalue weighted by molar-refractivity contribution is 5.22. The minimum absolute atomic E-state index is 0.0712. The van der Waals surface area contributed by atoms with Crippen LogP contribution in [0.4, 0.5) is 0 Å². The number of nitrogens with one attached hydrogen (secondary N) is 1. The summed E-state index contributed by atoms with van der Waals surface area (Å²) < 4.78 is 22.7. The highest BCUT2D eigenvalue weighted by Crippen LogP contribution is 2.31. The number of aliphatic hydroxyl groups is 9. The van der Waals surface area contributed by atoms with Crippen molar-refractivity contribution in [3.05, 3.63) is 47.5 Å². The molecule has 14 unspecified atom stereocenters. The Hall–Kier alpha value is -1.60. The molecule has 0 spiro atoms. The minimum atomic E-state index is -1.69. The van der Waals surface area contributed by atoms with Crippen molar-refractivity contribution in [3.8, 4) is 0 Å². The van der Waals surface area contributed by atoms with Gasteiger partial charge >= 0.3 is 0 Å². The third-order valence-corrected chi connectivity index (χ3v) is 7.60. The van der Waals surface area contributed by atoms with E-state index in [4.69, 9.17) is 18.9 Å². The molecule has 0 amide bonds. The molecule has 0 radical (unpaired) electrons. The molecule has 1 aliphatic carbocycles. The molecule has 10 N–H and O–H groups in total. The number of hydrogen-bond donors (Lipinski definition) is 10. The third-order valence-electron chi connectivity index (χ3n) is 7.60. The van der Waals surface area contributed by atoms with Gasteiger partial charge in [0.05, 0.1) is 38.0 Å². The van der Waals surface area contributed by atoms with Gasteiger partial charge in [0.1, 0.15) is 54.9 Å². The lowest BCUT2D eigenvalue weighted by Crippen LogP contribution is -2.68. The van der Waals surface area contributed by atoms with Crippen LogP contribution in [0.3, 0.4) is 0 Å². The zero-order chi connectivity index (χ0) is 29.1. The summed E-state index contributed by atoms with van der Waals surface area (Å²) in [6.07, 6.45) is -15.9. The van der Waals surface area contributed by atoms with E-state index in [1.54, 1.807) is 19.1 Å². The van der Waals surface area contributed by atoms with Gasteiger partial charge in [0, 0.05) is 0 Å². The van der Waals surface area contributed by atoms with Crippen LogP contribution in [0, 0.1) is 0 Å². The second-order valence-corrected chi connectivity index (χ2v) is 10.3. The summed E-state index contributed by atoms with van der Waals surface area (Å²) in [5.74, 6) is 0. The monoisotopic (exact) mass is 573 g/mol. The molecular weight excluding hydrogens is 534 g/mol. The molecule has 2 heterocycles. The SMILES string of the molecule is CC1OC(OC2C(CO)OC(OCc3ccccc3)C(O)C2O)C(O)C(O)C1NC1C=C(CO)C(O)C(O)C1O. The molecule has 226 valence electrons. The largest absolute Gasteiger partial charge is 0.394 e. The zero-order valence-corrected chi connectivity index (χ0v) is 21.8. The van der Waals surface area contributed by atoms with Crippen molar-refractivity contribution in [2.24, 2.45) is 0 Å². The maximum Gasteiger partial charge on any atom is 0.187 e. The van der Waals surface area contributed by atoms with Gasteiger partial charge in [-0.2, -0.15) is 0 Å². The summed E-state index contributed by atoms with van der Waals surface area (Å²) in [6, 6.07) is 7.05. The summed E-state index contributed by atoms with van der Waals surface area (Å²) in [5, 5.41) is 95.8. The van der Waals surface area contributed by atoms with E-state index in [0.717, 1.165) is 5.56 Å². The first-order chi connectivity index (χ1) is 19.1. The number of hydrogen-bond acceptors (Lipinski definition) is 14. The van der Waals surface area contributed by atoms with Crippen LogP contribution < -0.4 is 5.32 Å². The van der Waals surface area contributed by atoms with Gasteiger partial charge < -0.3 is 70.2 Å². The molecule has 2 fully saturated rings. The van der Waals surface area contributed by atoms with E-state index in [1.165, 1.54) is 6.08 Å². The van der Waals surface area contributed by atoms with Crippen molar-refractivity contribution in [3.63, 3.8) is 0 Å². The van der Waals surface area contributed by atoms with Gasteiger partial charge in [-0.1, -0.05) is 36.4 Å². The summed E-state index contributed by atoms with van der Waals surface area (Å²) >= 11 is 0. The molecule has 40 heavy (non-hydrogen) atoms. The van der Waals surface area contributed by atoms with Crippen molar-refractivity contribution in [2.75, 3.05) is 13.2 Å². The Bertz CT molecular complexity index is 967. The Labute approximate surface area is 230 Å². The average Bonchev–Trinajstić information content (AvgIpc) is 2.96. The average molecular weight is 574 g/mol. The predicted octanol–water partition coefficient (Wildman–Crippen LogP) is -4.16. The van der Waals surface area contributed by atoms with Crippen molar-refractivity contribution >= 4 is 0 Å². The van der Waals surface area contributed by atoms with Gasteiger partial charge in [0.2, 0.25) is 0 Å². The molecule has 14 heteroatoms. The minimum Gasteiger partial charge on any atom is -0.394 e. The molecular formula is C26H39NO13. The Balaban J connectivity index is 1.39. The molecule has 3 aliphatic rings. The Morgan fingerprint density at radius 3 is 2.12 bits per heavy atom. The van der Waals surface area contributed by atoms with Gasteiger partial charge in [0.15, 0.2) is 12.6 Å². The first-order valence-corrected chi connectivity index (χ1v) is 13.1. The van der Waals surface area contributed by atoms with E-state index in [2.05, 4.69) is 5.32 Å². The lowest BCUT2D eigenvalue weighted by molar-refractivity contribution is -0.352. The van der Waals surface area contributed by atoms with Crippen LogP contribution in [-0.4, -0.2) is 145 Å². The van der Waals surface area contributed by atoms with E-state index in [9.17, 15) is 46.0 Å². The summed E-state index contributed by atoms with van der Waals surface area (Å²) in [7, 11) is 0. The molecule has 0 bridgehead atoms. The highest BCUT2D eigenvalue weighted by atomic mass is 16.7. The summed E-state index contributed by atoms with van der Waals surface area (Å²) in [5.41, 5.74) is 0.868. The van der Waals surface area contributed by atoms with Crippen LogP contribution in [0.1, 0.15) is 12.5 Å². The maximum absolute atomic E-state index is 10.9. The Morgan fingerprint density at radius 2 is 1.48 bits per heavy atom. The van der Waals surface area contributed by atoms with Crippen LogP contribution >= 0.6 is 0 Å². The molecule has 0 saturated carbocycles. The number of aliphatic hydroxyl groups excluding tert-OH is 9. The molecule has 2 saturated heterocycles.